The van der Waals surface area contributed by atoms with Gasteiger partial charge in [0.2, 0.25) is 0 Å². The van der Waals surface area contributed by atoms with Crippen molar-refractivity contribution in [2.75, 3.05) is 0 Å². The van der Waals surface area contributed by atoms with E-state index in [0.717, 1.165) is 29.3 Å². The zero-order chi connectivity index (χ0) is 9.38. The van der Waals surface area contributed by atoms with E-state index in [0.29, 0.717) is 0 Å². The van der Waals surface area contributed by atoms with E-state index < -0.39 is 0 Å². The maximum absolute atomic E-state index is 4.47. The van der Waals surface area contributed by atoms with Crippen molar-refractivity contribution in [3.63, 3.8) is 0 Å². The molecular weight excluding hydrogens is 174 g/mol. The Labute approximate surface area is 82.6 Å². The zero-order valence-electron chi connectivity index (χ0n) is 8.03. The molecule has 72 valence electrons. The lowest BCUT2D eigenvalue weighted by Crippen LogP contribution is -2.14. The molecule has 0 amide bonds. The molecule has 3 nitrogen and oxygen atoms in total. The van der Waals surface area contributed by atoms with E-state index in [9.17, 15) is 0 Å². The minimum absolute atomic E-state index is 0.849. The summed E-state index contributed by atoms with van der Waals surface area (Å²) in [7, 11) is 0. The van der Waals surface area contributed by atoms with Gasteiger partial charge in [-0.1, -0.05) is 19.3 Å². The van der Waals surface area contributed by atoms with Crippen LogP contribution in [0.25, 0.3) is 11.2 Å². The highest BCUT2D eigenvalue weighted by Gasteiger charge is 2.19. The Morgan fingerprint density at radius 1 is 1.43 bits per heavy atom. The molecule has 0 aliphatic heterocycles. The summed E-state index contributed by atoms with van der Waals surface area (Å²) in [6.07, 6.45) is 7.00. The number of hydrogen-bond donors (Lipinski definition) is 1. The van der Waals surface area contributed by atoms with E-state index >= 15 is 0 Å². The van der Waals surface area contributed by atoms with Crippen LogP contribution in [-0.4, -0.2) is 15.0 Å². The van der Waals surface area contributed by atoms with Crippen LogP contribution in [0.2, 0.25) is 0 Å². The number of H-pyrrole nitrogens is 1. The molecule has 0 aromatic carbocycles. The Morgan fingerprint density at radius 2 is 2.36 bits per heavy atom. The standard InChI is InChI=1S/C11H13N3/c1-3-8(4-1)7-10-13-9-5-2-6-12-11(9)14-10/h2,5-6,8H,1,3-4,7H2,(H,12,13,14). The molecule has 0 saturated heterocycles. The first-order valence-electron chi connectivity index (χ1n) is 5.21. The van der Waals surface area contributed by atoms with Crippen LogP contribution < -0.4 is 0 Å². The molecule has 0 atom stereocenters. The average Bonchev–Trinajstić information content (AvgIpc) is 2.53. The summed E-state index contributed by atoms with van der Waals surface area (Å²) in [5, 5.41) is 0. The molecule has 1 aliphatic carbocycles. The van der Waals surface area contributed by atoms with Crippen LogP contribution in [0, 0.1) is 5.92 Å². The van der Waals surface area contributed by atoms with Crippen LogP contribution >= 0.6 is 0 Å². The number of fused-ring (bicyclic) bond motifs is 1. The second kappa shape index (κ2) is 3.08. The van der Waals surface area contributed by atoms with Gasteiger partial charge >= 0.3 is 0 Å². The fourth-order valence-electron chi connectivity index (χ4n) is 1.96. The quantitative estimate of drug-likeness (QED) is 0.783. The van der Waals surface area contributed by atoms with E-state index in [1.54, 1.807) is 6.20 Å². The number of hydrogen-bond acceptors (Lipinski definition) is 2. The molecule has 1 saturated carbocycles. The number of nitrogens with zero attached hydrogens (tertiary/aromatic N) is 2. The second-order valence-corrected chi connectivity index (χ2v) is 4.06. The summed E-state index contributed by atoms with van der Waals surface area (Å²) in [5.41, 5.74) is 1.91. The van der Waals surface area contributed by atoms with Crippen LogP contribution in [0.5, 0.6) is 0 Å². The van der Waals surface area contributed by atoms with Crippen LogP contribution in [0.1, 0.15) is 25.1 Å². The number of nitrogens with one attached hydrogen (secondary N) is 1. The molecule has 14 heavy (non-hydrogen) atoms. The van der Waals surface area contributed by atoms with Crippen LogP contribution in [0.15, 0.2) is 18.3 Å². The van der Waals surface area contributed by atoms with Crippen molar-refractivity contribution in [2.45, 2.75) is 25.7 Å². The molecule has 0 radical (unpaired) electrons. The van der Waals surface area contributed by atoms with Crippen molar-refractivity contribution in [3.05, 3.63) is 24.2 Å². The third-order valence-electron chi connectivity index (χ3n) is 3.01. The minimum atomic E-state index is 0.849. The number of aromatic nitrogens is 3. The number of imidazole rings is 1. The summed E-state index contributed by atoms with van der Waals surface area (Å²) in [6, 6.07) is 3.97. The first-order chi connectivity index (χ1) is 6.92. The zero-order valence-corrected chi connectivity index (χ0v) is 8.03. The summed E-state index contributed by atoms with van der Waals surface area (Å²) < 4.78 is 0. The van der Waals surface area contributed by atoms with E-state index in [1.807, 2.05) is 12.1 Å². The average molecular weight is 187 g/mol. The maximum Gasteiger partial charge on any atom is 0.177 e. The SMILES string of the molecule is c1cnc2nc(CC3CCC3)[nH]c2c1. The van der Waals surface area contributed by atoms with Gasteiger partial charge in [0, 0.05) is 12.6 Å². The fraction of sp³-hybridized carbons (Fsp3) is 0.455. The third kappa shape index (κ3) is 1.29. The van der Waals surface area contributed by atoms with Gasteiger partial charge in [0.25, 0.3) is 0 Å². The first-order valence-corrected chi connectivity index (χ1v) is 5.21. The van der Waals surface area contributed by atoms with Gasteiger partial charge in [-0.15, -0.1) is 0 Å². The third-order valence-corrected chi connectivity index (χ3v) is 3.01. The van der Waals surface area contributed by atoms with Gasteiger partial charge in [0.05, 0.1) is 5.52 Å². The highest BCUT2D eigenvalue weighted by Crippen LogP contribution is 2.29. The van der Waals surface area contributed by atoms with Gasteiger partial charge in [0.15, 0.2) is 5.65 Å². The van der Waals surface area contributed by atoms with Crippen molar-refractivity contribution in [3.8, 4) is 0 Å². The lowest BCUT2D eigenvalue weighted by molar-refractivity contribution is 0.310. The van der Waals surface area contributed by atoms with Gasteiger partial charge in [-0.2, -0.15) is 0 Å². The Balaban J connectivity index is 1.89. The lowest BCUT2D eigenvalue weighted by Gasteiger charge is -2.23. The summed E-state index contributed by atoms with van der Waals surface area (Å²) in [6.45, 7) is 0. The van der Waals surface area contributed by atoms with E-state index in [4.69, 9.17) is 0 Å². The molecule has 2 heterocycles. The Kier molecular flexibility index (Phi) is 1.76. The molecule has 1 N–H and O–H groups in total. The lowest BCUT2D eigenvalue weighted by atomic mass is 9.83. The topological polar surface area (TPSA) is 41.6 Å². The molecule has 1 aliphatic rings. The molecule has 0 spiro atoms. The Morgan fingerprint density at radius 3 is 3.07 bits per heavy atom. The molecular formula is C11H13N3. The van der Waals surface area contributed by atoms with E-state index in [1.165, 1.54) is 19.3 Å². The Hall–Kier alpha value is -1.38. The number of aromatic amines is 1. The molecule has 3 rings (SSSR count). The predicted molar refractivity (Wildman–Crippen MR) is 54.9 cm³/mol. The second-order valence-electron chi connectivity index (χ2n) is 4.06. The van der Waals surface area contributed by atoms with Crippen LogP contribution in [-0.2, 0) is 6.42 Å². The number of pyridine rings is 1. The predicted octanol–water partition coefficient (Wildman–Crippen LogP) is 2.30. The molecule has 0 unspecified atom stereocenters. The van der Waals surface area contributed by atoms with E-state index in [-0.39, 0.29) is 0 Å². The fourth-order valence-corrected chi connectivity index (χ4v) is 1.96. The monoisotopic (exact) mass is 187 g/mol. The summed E-state index contributed by atoms with van der Waals surface area (Å²) in [5.74, 6) is 1.96. The van der Waals surface area contributed by atoms with Crippen molar-refractivity contribution in [2.24, 2.45) is 5.92 Å². The summed E-state index contributed by atoms with van der Waals surface area (Å²) in [4.78, 5) is 12.0. The maximum atomic E-state index is 4.47. The van der Waals surface area contributed by atoms with Gasteiger partial charge in [-0.25, -0.2) is 9.97 Å². The Bertz CT molecular complexity index is 409. The van der Waals surface area contributed by atoms with Crippen LogP contribution in [0.3, 0.4) is 0 Å². The van der Waals surface area contributed by atoms with Gasteiger partial charge in [-0.05, 0) is 18.1 Å². The molecule has 1 fully saturated rings. The van der Waals surface area contributed by atoms with Crippen molar-refractivity contribution < 1.29 is 0 Å². The number of rotatable bonds is 2. The normalized spacial score (nSPS) is 17.1. The van der Waals surface area contributed by atoms with E-state index in [2.05, 4.69) is 15.0 Å². The minimum Gasteiger partial charge on any atom is -0.341 e. The van der Waals surface area contributed by atoms with Crippen molar-refractivity contribution >= 4 is 11.2 Å². The summed E-state index contributed by atoms with van der Waals surface area (Å²) >= 11 is 0. The van der Waals surface area contributed by atoms with Crippen molar-refractivity contribution in [1.82, 2.24) is 15.0 Å². The molecule has 2 aromatic heterocycles. The largest absolute Gasteiger partial charge is 0.341 e. The van der Waals surface area contributed by atoms with Crippen molar-refractivity contribution in [1.29, 1.82) is 0 Å². The smallest absolute Gasteiger partial charge is 0.177 e. The highest BCUT2D eigenvalue weighted by molar-refractivity contribution is 5.69. The van der Waals surface area contributed by atoms with Gasteiger partial charge in [-0.3, -0.25) is 0 Å². The highest BCUT2D eigenvalue weighted by atomic mass is 15.0. The van der Waals surface area contributed by atoms with Crippen LogP contribution in [0.4, 0.5) is 0 Å². The molecule has 3 heteroatoms. The molecule has 0 bridgehead atoms. The van der Waals surface area contributed by atoms with Gasteiger partial charge in [0.1, 0.15) is 5.82 Å². The first kappa shape index (κ1) is 7.97. The molecule has 2 aromatic rings. The van der Waals surface area contributed by atoms with Gasteiger partial charge < -0.3 is 4.98 Å².